The number of hydrogen-bond donors (Lipinski definition) is 1. The van der Waals surface area contributed by atoms with Crippen LogP contribution in [0.25, 0.3) is 27.8 Å². The molecule has 0 amide bonds. The molecule has 4 aromatic rings. The molecule has 0 radical (unpaired) electrons. The number of benzene rings is 2. The largest absolute Gasteiger partial charge is 0.326 e. The van der Waals surface area contributed by atoms with E-state index in [0.29, 0.717) is 5.92 Å². The van der Waals surface area contributed by atoms with Crippen molar-refractivity contribution in [3.05, 3.63) is 58.8 Å². The van der Waals surface area contributed by atoms with Gasteiger partial charge >= 0.3 is 5.69 Å². The average molecular weight is 306 g/mol. The summed E-state index contributed by atoms with van der Waals surface area (Å²) < 4.78 is 3.79. The highest BCUT2D eigenvalue weighted by molar-refractivity contribution is 5.82. The van der Waals surface area contributed by atoms with Crippen molar-refractivity contribution in [2.45, 2.75) is 19.8 Å². The van der Waals surface area contributed by atoms with Crippen LogP contribution in [0.15, 0.2) is 47.3 Å². The first-order chi connectivity index (χ1) is 11.1. The van der Waals surface area contributed by atoms with Gasteiger partial charge in [0.15, 0.2) is 0 Å². The molecule has 0 fully saturated rings. The molecule has 23 heavy (non-hydrogen) atoms. The minimum Gasteiger partial charge on any atom is -0.305 e. The number of H-pyrrole nitrogens is 1. The van der Waals surface area contributed by atoms with Crippen LogP contribution in [0, 0.1) is 0 Å². The van der Waals surface area contributed by atoms with Crippen LogP contribution in [-0.2, 0) is 7.05 Å². The van der Waals surface area contributed by atoms with Crippen molar-refractivity contribution in [2.75, 3.05) is 0 Å². The number of para-hydroxylation sites is 2. The third-order valence-electron chi connectivity index (χ3n) is 4.25. The van der Waals surface area contributed by atoms with Gasteiger partial charge < -0.3 is 4.98 Å². The fourth-order valence-corrected chi connectivity index (χ4v) is 3.07. The third-order valence-corrected chi connectivity index (χ3v) is 4.25. The summed E-state index contributed by atoms with van der Waals surface area (Å²) in [5.41, 5.74) is 4.71. The van der Waals surface area contributed by atoms with Gasteiger partial charge in [-0.2, -0.15) is 0 Å². The van der Waals surface area contributed by atoms with Gasteiger partial charge in [0.05, 0.1) is 22.1 Å². The Bertz CT molecular complexity index is 1080. The number of aromatic nitrogens is 4. The van der Waals surface area contributed by atoms with Crippen molar-refractivity contribution in [3.8, 4) is 5.69 Å². The molecule has 0 unspecified atom stereocenters. The van der Waals surface area contributed by atoms with Crippen molar-refractivity contribution in [3.63, 3.8) is 0 Å². The van der Waals surface area contributed by atoms with Crippen LogP contribution in [0.1, 0.15) is 25.6 Å². The van der Waals surface area contributed by atoms with E-state index >= 15 is 0 Å². The Morgan fingerprint density at radius 3 is 2.65 bits per heavy atom. The van der Waals surface area contributed by atoms with Gasteiger partial charge in [-0.05, 0) is 30.3 Å². The molecular formula is C18H18N4O. The summed E-state index contributed by atoms with van der Waals surface area (Å²) in [5.74, 6) is 1.32. The summed E-state index contributed by atoms with van der Waals surface area (Å²) in [4.78, 5) is 19.5. The first-order valence-corrected chi connectivity index (χ1v) is 7.73. The molecule has 2 aromatic heterocycles. The molecule has 2 aromatic carbocycles. The molecular weight excluding hydrogens is 288 g/mol. The maximum Gasteiger partial charge on any atom is 0.326 e. The van der Waals surface area contributed by atoms with Gasteiger partial charge in [-0.15, -0.1) is 0 Å². The third kappa shape index (κ3) is 2.00. The van der Waals surface area contributed by atoms with Crippen LogP contribution in [0.5, 0.6) is 0 Å². The summed E-state index contributed by atoms with van der Waals surface area (Å²) in [5, 5.41) is 0. The molecule has 2 heterocycles. The highest BCUT2D eigenvalue weighted by atomic mass is 16.1. The van der Waals surface area contributed by atoms with Crippen LogP contribution in [-0.4, -0.2) is 19.1 Å². The molecule has 5 heteroatoms. The van der Waals surface area contributed by atoms with Crippen LogP contribution >= 0.6 is 0 Å². The van der Waals surface area contributed by atoms with E-state index in [9.17, 15) is 4.79 Å². The minimum atomic E-state index is -0.100. The molecule has 0 bridgehead atoms. The smallest absolute Gasteiger partial charge is 0.305 e. The topological polar surface area (TPSA) is 55.6 Å². The highest BCUT2D eigenvalue weighted by Crippen LogP contribution is 2.27. The van der Waals surface area contributed by atoms with Crippen molar-refractivity contribution in [1.82, 2.24) is 19.1 Å². The number of aromatic amines is 1. The van der Waals surface area contributed by atoms with Gasteiger partial charge in [-0.25, -0.2) is 9.78 Å². The Labute approximate surface area is 133 Å². The normalized spacial score (nSPS) is 11.8. The molecule has 0 atom stereocenters. The Morgan fingerprint density at radius 1 is 1.09 bits per heavy atom. The van der Waals surface area contributed by atoms with Crippen LogP contribution < -0.4 is 5.69 Å². The zero-order valence-corrected chi connectivity index (χ0v) is 13.4. The molecule has 0 aliphatic heterocycles. The minimum absolute atomic E-state index is 0.100. The number of imidazole rings is 2. The van der Waals surface area contributed by atoms with Gasteiger partial charge in [0.2, 0.25) is 0 Å². The monoisotopic (exact) mass is 306 g/mol. The SMILES string of the molecule is CC(C)c1nc2ccccc2n1-c1ccc2c(c1)[nH]c(=O)n2C. The van der Waals surface area contributed by atoms with Crippen molar-refractivity contribution < 1.29 is 0 Å². The summed E-state index contributed by atoms with van der Waals surface area (Å²) in [6, 6.07) is 14.1. The molecule has 116 valence electrons. The van der Waals surface area contributed by atoms with Gasteiger partial charge in [-0.3, -0.25) is 9.13 Å². The molecule has 0 spiro atoms. The standard InChI is InChI=1S/C18H18N4O/c1-11(2)17-19-13-6-4-5-7-16(13)22(17)12-8-9-15-14(10-12)20-18(23)21(15)3/h4-11H,1-3H3,(H,20,23). The second-order valence-electron chi connectivity index (χ2n) is 6.14. The van der Waals surface area contributed by atoms with Gasteiger partial charge in [0, 0.05) is 18.7 Å². The fourth-order valence-electron chi connectivity index (χ4n) is 3.07. The van der Waals surface area contributed by atoms with E-state index < -0.39 is 0 Å². The lowest BCUT2D eigenvalue weighted by Gasteiger charge is -2.11. The van der Waals surface area contributed by atoms with E-state index in [4.69, 9.17) is 4.98 Å². The Hall–Kier alpha value is -2.82. The molecule has 0 saturated heterocycles. The summed E-state index contributed by atoms with van der Waals surface area (Å²) in [6.07, 6.45) is 0. The first-order valence-electron chi connectivity index (χ1n) is 7.73. The molecule has 1 N–H and O–H groups in total. The van der Waals surface area contributed by atoms with Crippen LogP contribution in [0.2, 0.25) is 0 Å². The van der Waals surface area contributed by atoms with Crippen LogP contribution in [0.4, 0.5) is 0 Å². The maximum atomic E-state index is 11.8. The van der Waals surface area contributed by atoms with E-state index in [0.717, 1.165) is 33.6 Å². The van der Waals surface area contributed by atoms with Crippen molar-refractivity contribution in [2.24, 2.45) is 7.05 Å². The van der Waals surface area contributed by atoms with Crippen molar-refractivity contribution >= 4 is 22.1 Å². The number of aryl methyl sites for hydroxylation is 1. The zero-order valence-electron chi connectivity index (χ0n) is 13.4. The van der Waals surface area contributed by atoms with E-state index in [2.05, 4.69) is 29.5 Å². The lowest BCUT2D eigenvalue weighted by molar-refractivity contribution is 0.760. The predicted octanol–water partition coefficient (Wildman–Crippen LogP) is 3.33. The summed E-state index contributed by atoms with van der Waals surface area (Å²) >= 11 is 0. The van der Waals surface area contributed by atoms with E-state index in [1.807, 2.05) is 36.4 Å². The lowest BCUT2D eigenvalue weighted by atomic mass is 10.2. The molecule has 5 nitrogen and oxygen atoms in total. The molecule has 0 aliphatic rings. The van der Waals surface area contributed by atoms with Gasteiger partial charge in [0.1, 0.15) is 5.82 Å². The Balaban J connectivity index is 2.05. The maximum absolute atomic E-state index is 11.8. The number of fused-ring (bicyclic) bond motifs is 2. The van der Waals surface area contributed by atoms with Gasteiger partial charge in [0.25, 0.3) is 0 Å². The molecule has 0 saturated carbocycles. The predicted molar refractivity (Wildman–Crippen MR) is 92.3 cm³/mol. The number of rotatable bonds is 2. The summed E-state index contributed by atoms with van der Waals surface area (Å²) in [6.45, 7) is 4.28. The number of nitrogens with zero attached hydrogens (tertiary/aromatic N) is 3. The average Bonchev–Trinajstić information content (AvgIpc) is 3.06. The second kappa shape index (κ2) is 4.84. The highest BCUT2D eigenvalue weighted by Gasteiger charge is 2.15. The Kier molecular flexibility index (Phi) is 2.91. The number of hydrogen-bond acceptors (Lipinski definition) is 2. The summed E-state index contributed by atoms with van der Waals surface area (Å²) in [7, 11) is 1.77. The van der Waals surface area contributed by atoms with Gasteiger partial charge in [-0.1, -0.05) is 26.0 Å². The van der Waals surface area contributed by atoms with E-state index in [-0.39, 0.29) is 5.69 Å². The Morgan fingerprint density at radius 2 is 1.87 bits per heavy atom. The van der Waals surface area contributed by atoms with Crippen LogP contribution in [0.3, 0.4) is 0 Å². The fraction of sp³-hybridized carbons (Fsp3) is 0.222. The first kappa shape index (κ1) is 13.8. The van der Waals surface area contributed by atoms with E-state index in [1.54, 1.807) is 11.6 Å². The lowest BCUT2D eigenvalue weighted by Crippen LogP contribution is -2.11. The zero-order chi connectivity index (χ0) is 16.1. The second-order valence-corrected chi connectivity index (χ2v) is 6.14. The quantitative estimate of drug-likeness (QED) is 0.617. The molecule has 0 aliphatic carbocycles. The molecule has 4 rings (SSSR count). The van der Waals surface area contributed by atoms with Crippen molar-refractivity contribution in [1.29, 1.82) is 0 Å². The van der Waals surface area contributed by atoms with E-state index in [1.165, 1.54) is 0 Å². The number of nitrogens with one attached hydrogen (secondary N) is 1.